The largest absolute Gasteiger partial charge is 0.507 e. The Morgan fingerprint density at radius 1 is 1.14 bits per heavy atom. The summed E-state index contributed by atoms with van der Waals surface area (Å²) < 4.78 is 5.82. The van der Waals surface area contributed by atoms with Crippen molar-refractivity contribution >= 4 is 23.1 Å². The third-order valence-corrected chi connectivity index (χ3v) is 6.53. The Labute approximate surface area is 217 Å². The normalized spacial score (nSPS) is 17.2. The van der Waals surface area contributed by atoms with E-state index in [0.717, 1.165) is 18.7 Å². The average Bonchev–Trinajstić information content (AvgIpc) is 3.13. The third-order valence-electron chi connectivity index (χ3n) is 6.53. The summed E-state index contributed by atoms with van der Waals surface area (Å²) in [6.07, 6.45) is 0. The first-order chi connectivity index (χ1) is 17.6. The van der Waals surface area contributed by atoms with Gasteiger partial charge in [0.1, 0.15) is 11.5 Å². The molecule has 1 aliphatic heterocycles. The van der Waals surface area contributed by atoms with E-state index in [0.29, 0.717) is 35.9 Å². The molecule has 2 aromatic carbocycles. The maximum Gasteiger partial charge on any atom is 0.295 e. The van der Waals surface area contributed by atoms with Gasteiger partial charge in [0.2, 0.25) is 0 Å². The number of non-ortho nitro benzene ring substituents is 1. The van der Waals surface area contributed by atoms with Gasteiger partial charge in [-0.15, -0.1) is 0 Å². The number of aryl methyl sites for hydroxylation is 1. The van der Waals surface area contributed by atoms with Crippen molar-refractivity contribution in [3.05, 3.63) is 74.8 Å². The first-order valence-corrected chi connectivity index (χ1v) is 12.6. The molecular weight excluding hydrogens is 474 g/mol. The standard InChI is InChI=1S/C28H35N3O6/c1-6-29(7-2)14-15-30-25(20-8-11-22(12-9-20)31(35)36)24(27(33)28(30)34)26(32)21-10-13-23(19(5)16-21)37-17-18(3)4/h8-13,16,18,25,32H,6-7,14-15,17H2,1-5H3/b26-24+/t25-/m1/s1. The van der Waals surface area contributed by atoms with Crippen molar-refractivity contribution < 1.29 is 24.4 Å². The van der Waals surface area contributed by atoms with E-state index in [1.165, 1.54) is 29.2 Å². The van der Waals surface area contributed by atoms with Crippen LogP contribution in [0.3, 0.4) is 0 Å². The summed E-state index contributed by atoms with van der Waals surface area (Å²) >= 11 is 0. The number of amides is 1. The quantitative estimate of drug-likeness (QED) is 0.154. The van der Waals surface area contributed by atoms with Crippen molar-refractivity contribution in [2.24, 2.45) is 5.92 Å². The molecule has 9 heteroatoms. The number of aliphatic hydroxyl groups is 1. The highest BCUT2D eigenvalue weighted by atomic mass is 16.6. The maximum absolute atomic E-state index is 13.2. The Bertz CT molecular complexity index is 1180. The number of nitro benzene ring substituents is 1. The lowest BCUT2D eigenvalue weighted by Crippen LogP contribution is -2.38. The van der Waals surface area contributed by atoms with Crippen LogP contribution < -0.4 is 4.74 Å². The topological polar surface area (TPSA) is 113 Å². The minimum Gasteiger partial charge on any atom is -0.507 e. The fraction of sp³-hybridized carbons (Fsp3) is 0.429. The van der Waals surface area contributed by atoms with Crippen LogP contribution in [0.25, 0.3) is 5.76 Å². The Morgan fingerprint density at radius 2 is 1.78 bits per heavy atom. The predicted octanol–water partition coefficient (Wildman–Crippen LogP) is 4.70. The number of ether oxygens (including phenoxy) is 1. The molecule has 0 radical (unpaired) electrons. The Balaban J connectivity index is 2.07. The van der Waals surface area contributed by atoms with Crippen LogP contribution in [0, 0.1) is 23.0 Å². The molecule has 9 nitrogen and oxygen atoms in total. The molecule has 0 aliphatic carbocycles. The van der Waals surface area contributed by atoms with E-state index in [9.17, 15) is 24.8 Å². The molecule has 1 atom stereocenters. The van der Waals surface area contributed by atoms with Gasteiger partial charge in [-0.3, -0.25) is 19.7 Å². The number of rotatable bonds is 11. The summed E-state index contributed by atoms with van der Waals surface area (Å²) in [6.45, 7) is 12.9. The molecule has 1 fully saturated rings. The summed E-state index contributed by atoms with van der Waals surface area (Å²) in [7, 11) is 0. The average molecular weight is 510 g/mol. The summed E-state index contributed by atoms with van der Waals surface area (Å²) in [5.41, 5.74) is 1.56. The molecule has 1 N–H and O–H groups in total. The van der Waals surface area contributed by atoms with E-state index in [1.54, 1.807) is 18.2 Å². The molecule has 1 saturated heterocycles. The Kier molecular flexibility index (Phi) is 9.04. The monoisotopic (exact) mass is 509 g/mol. The van der Waals surface area contributed by atoms with Gasteiger partial charge in [0.05, 0.1) is 23.1 Å². The van der Waals surface area contributed by atoms with Gasteiger partial charge < -0.3 is 19.6 Å². The Hall–Kier alpha value is -3.72. The molecule has 37 heavy (non-hydrogen) atoms. The maximum atomic E-state index is 13.2. The lowest BCUT2D eigenvalue weighted by atomic mass is 9.94. The van der Waals surface area contributed by atoms with Crippen LogP contribution in [-0.2, 0) is 9.59 Å². The molecule has 0 saturated carbocycles. The molecule has 1 aliphatic rings. The molecule has 0 aromatic heterocycles. The molecule has 0 spiro atoms. The van der Waals surface area contributed by atoms with Gasteiger partial charge in [0.25, 0.3) is 17.4 Å². The third kappa shape index (κ3) is 6.17. The number of Topliss-reactive ketones (excluding diaryl/α,β-unsaturated/α-hetero) is 1. The summed E-state index contributed by atoms with van der Waals surface area (Å²) in [5.74, 6) is -0.743. The number of hydrogen-bond donors (Lipinski definition) is 1. The SMILES string of the molecule is CCN(CC)CCN1C(=O)C(=O)/C(=C(/O)c2ccc(OCC(C)C)c(C)c2)[C@H]1c1ccc([N+](=O)[O-])cc1. The number of carbonyl (C=O) groups excluding carboxylic acids is 2. The first kappa shape index (κ1) is 27.9. The minimum absolute atomic E-state index is 0.0337. The lowest BCUT2D eigenvalue weighted by Gasteiger charge is -2.28. The number of likely N-dealkylation sites (tertiary alicyclic amines) is 1. The second-order valence-electron chi connectivity index (χ2n) is 9.55. The number of ketones is 1. The molecule has 1 amide bonds. The van der Waals surface area contributed by atoms with Crippen LogP contribution in [0.2, 0.25) is 0 Å². The van der Waals surface area contributed by atoms with Crippen molar-refractivity contribution in [3.8, 4) is 5.75 Å². The summed E-state index contributed by atoms with van der Waals surface area (Å²) in [4.78, 5) is 40.6. The molecular formula is C28H35N3O6. The number of likely N-dealkylation sites (N-methyl/N-ethyl adjacent to an activating group) is 1. The fourth-order valence-electron chi connectivity index (χ4n) is 4.40. The molecule has 1 heterocycles. The van der Waals surface area contributed by atoms with Crippen LogP contribution in [0.5, 0.6) is 5.75 Å². The van der Waals surface area contributed by atoms with Gasteiger partial charge in [0, 0.05) is 30.8 Å². The van der Waals surface area contributed by atoms with Crippen LogP contribution in [0.1, 0.15) is 50.4 Å². The number of aliphatic hydroxyl groups excluding tert-OH is 1. The zero-order valence-electron chi connectivity index (χ0n) is 22.1. The van der Waals surface area contributed by atoms with E-state index in [1.807, 2.05) is 34.6 Å². The second-order valence-corrected chi connectivity index (χ2v) is 9.55. The zero-order chi connectivity index (χ0) is 27.3. The van der Waals surface area contributed by atoms with Crippen LogP contribution in [0.4, 0.5) is 5.69 Å². The minimum atomic E-state index is -0.867. The molecule has 0 bridgehead atoms. The first-order valence-electron chi connectivity index (χ1n) is 12.6. The Morgan fingerprint density at radius 3 is 2.32 bits per heavy atom. The predicted molar refractivity (Wildman–Crippen MR) is 141 cm³/mol. The smallest absolute Gasteiger partial charge is 0.295 e. The summed E-state index contributed by atoms with van der Waals surface area (Å²) in [6, 6.07) is 9.99. The van der Waals surface area contributed by atoms with Gasteiger partial charge in [-0.1, -0.05) is 27.7 Å². The number of nitrogens with zero attached hydrogens (tertiary/aromatic N) is 3. The van der Waals surface area contributed by atoms with E-state index in [-0.39, 0.29) is 23.6 Å². The number of carbonyl (C=O) groups is 2. The molecule has 0 unspecified atom stereocenters. The highest BCUT2D eigenvalue weighted by molar-refractivity contribution is 6.46. The molecule has 2 aromatic rings. The van der Waals surface area contributed by atoms with E-state index in [2.05, 4.69) is 4.90 Å². The highest BCUT2D eigenvalue weighted by Crippen LogP contribution is 2.40. The van der Waals surface area contributed by atoms with Crippen LogP contribution in [0.15, 0.2) is 48.0 Å². The van der Waals surface area contributed by atoms with Crippen molar-refractivity contribution in [2.45, 2.75) is 40.7 Å². The fourth-order valence-corrected chi connectivity index (χ4v) is 4.40. The van der Waals surface area contributed by atoms with Gasteiger partial charge in [-0.25, -0.2) is 0 Å². The lowest BCUT2D eigenvalue weighted by molar-refractivity contribution is -0.384. The number of benzene rings is 2. The van der Waals surface area contributed by atoms with Crippen molar-refractivity contribution in [2.75, 3.05) is 32.8 Å². The van der Waals surface area contributed by atoms with Gasteiger partial charge in [0.15, 0.2) is 0 Å². The van der Waals surface area contributed by atoms with Gasteiger partial charge in [-0.2, -0.15) is 0 Å². The van der Waals surface area contributed by atoms with Crippen molar-refractivity contribution in [1.82, 2.24) is 9.80 Å². The van der Waals surface area contributed by atoms with Gasteiger partial charge >= 0.3 is 0 Å². The van der Waals surface area contributed by atoms with E-state index < -0.39 is 22.7 Å². The number of nitro groups is 1. The highest BCUT2D eigenvalue weighted by Gasteiger charge is 2.46. The number of hydrogen-bond acceptors (Lipinski definition) is 7. The zero-order valence-corrected chi connectivity index (χ0v) is 22.1. The van der Waals surface area contributed by atoms with Gasteiger partial charge in [-0.05, 0) is 67.4 Å². The molecule has 3 rings (SSSR count). The molecule has 198 valence electrons. The van der Waals surface area contributed by atoms with E-state index in [4.69, 9.17) is 4.74 Å². The summed E-state index contributed by atoms with van der Waals surface area (Å²) in [5, 5.41) is 22.5. The second kappa shape index (κ2) is 12.0. The van der Waals surface area contributed by atoms with Crippen molar-refractivity contribution in [3.63, 3.8) is 0 Å². The van der Waals surface area contributed by atoms with Crippen LogP contribution >= 0.6 is 0 Å². The van der Waals surface area contributed by atoms with E-state index >= 15 is 0 Å². The van der Waals surface area contributed by atoms with Crippen LogP contribution in [-0.4, -0.2) is 64.3 Å². The van der Waals surface area contributed by atoms with Crippen molar-refractivity contribution in [1.29, 1.82) is 0 Å².